The van der Waals surface area contributed by atoms with E-state index in [4.69, 9.17) is 10.5 Å². The third-order valence-electron chi connectivity index (χ3n) is 1.98. The molecular formula is C10H22N2O2. The number of methoxy groups -OCH3 is 1. The fourth-order valence-corrected chi connectivity index (χ4v) is 1.12. The van der Waals surface area contributed by atoms with Crippen LogP contribution in [0.25, 0.3) is 0 Å². The third kappa shape index (κ3) is 8.01. The average Bonchev–Trinajstić information content (AvgIpc) is 2.15. The Kier molecular flexibility index (Phi) is 8.57. The Morgan fingerprint density at radius 1 is 1.57 bits per heavy atom. The van der Waals surface area contributed by atoms with Crippen LogP contribution in [-0.2, 0) is 9.53 Å². The van der Waals surface area contributed by atoms with E-state index in [0.717, 1.165) is 19.3 Å². The SMILES string of the molecule is CCCCC(=O)NCCC(N)COC. The molecule has 0 heterocycles. The van der Waals surface area contributed by atoms with E-state index in [1.807, 2.05) is 0 Å². The Bertz CT molecular complexity index is 151. The molecule has 0 aliphatic carbocycles. The quantitative estimate of drug-likeness (QED) is 0.607. The first-order valence-corrected chi connectivity index (χ1v) is 5.22. The van der Waals surface area contributed by atoms with E-state index in [0.29, 0.717) is 19.6 Å². The van der Waals surface area contributed by atoms with E-state index in [-0.39, 0.29) is 11.9 Å². The summed E-state index contributed by atoms with van der Waals surface area (Å²) in [5.41, 5.74) is 5.69. The molecule has 0 spiro atoms. The molecule has 4 heteroatoms. The van der Waals surface area contributed by atoms with Gasteiger partial charge in [0.15, 0.2) is 0 Å². The summed E-state index contributed by atoms with van der Waals surface area (Å²) < 4.78 is 4.89. The number of amides is 1. The van der Waals surface area contributed by atoms with Gasteiger partial charge >= 0.3 is 0 Å². The van der Waals surface area contributed by atoms with Crippen LogP contribution in [0.3, 0.4) is 0 Å². The summed E-state index contributed by atoms with van der Waals surface area (Å²) in [7, 11) is 1.62. The van der Waals surface area contributed by atoms with Crippen LogP contribution in [0, 0.1) is 0 Å². The molecule has 0 aliphatic heterocycles. The molecule has 14 heavy (non-hydrogen) atoms. The highest BCUT2D eigenvalue weighted by Gasteiger charge is 2.03. The van der Waals surface area contributed by atoms with Crippen LogP contribution in [0.1, 0.15) is 32.6 Å². The van der Waals surface area contributed by atoms with Crippen LogP contribution < -0.4 is 11.1 Å². The van der Waals surface area contributed by atoms with Gasteiger partial charge in [-0.15, -0.1) is 0 Å². The van der Waals surface area contributed by atoms with Gasteiger partial charge in [-0.05, 0) is 12.8 Å². The summed E-state index contributed by atoms with van der Waals surface area (Å²) in [5, 5.41) is 2.83. The van der Waals surface area contributed by atoms with E-state index < -0.39 is 0 Å². The number of unbranched alkanes of at least 4 members (excludes halogenated alkanes) is 1. The molecule has 0 aliphatic rings. The summed E-state index contributed by atoms with van der Waals surface area (Å²) in [4.78, 5) is 11.2. The van der Waals surface area contributed by atoms with Gasteiger partial charge in [-0.3, -0.25) is 4.79 Å². The second-order valence-corrected chi connectivity index (χ2v) is 3.46. The Morgan fingerprint density at radius 2 is 2.29 bits per heavy atom. The zero-order valence-electron chi connectivity index (χ0n) is 9.21. The zero-order valence-corrected chi connectivity index (χ0v) is 9.21. The summed E-state index contributed by atoms with van der Waals surface area (Å²) in [6, 6.07) is 0.0199. The van der Waals surface area contributed by atoms with Crippen molar-refractivity contribution >= 4 is 5.91 Å². The van der Waals surface area contributed by atoms with Crippen LogP contribution in [0.5, 0.6) is 0 Å². The molecule has 0 rings (SSSR count). The van der Waals surface area contributed by atoms with E-state index in [2.05, 4.69) is 12.2 Å². The van der Waals surface area contributed by atoms with Crippen molar-refractivity contribution in [3.8, 4) is 0 Å². The van der Waals surface area contributed by atoms with Crippen molar-refractivity contribution in [1.29, 1.82) is 0 Å². The van der Waals surface area contributed by atoms with Gasteiger partial charge in [0.25, 0.3) is 0 Å². The van der Waals surface area contributed by atoms with Crippen molar-refractivity contribution in [3.63, 3.8) is 0 Å². The number of hydrogen-bond donors (Lipinski definition) is 2. The van der Waals surface area contributed by atoms with Crippen molar-refractivity contribution in [1.82, 2.24) is 5.32 Å². The number of carbonyl (C=O) groups is 1. The summed E-state index contributed by atoms with van der Waals surface area (Å²) in [6.45, 7) is 3.26. The molecule has 0 radical (unpaired) electrons. The molecule has 3 N–H and O–H groups in total. The predicted octanol–water partition coefficient (Wildman–Crippen LogP) is 0.657. The third-order valence-corrected chi connectivity index (χ3v) is 1.98. The number of ether oxygens (including phenoxy) is 1. The summed E-state index contributed by atoms with van der Waals surface area (Å²) in [5.74, 6) is 0.122. The lowest BCUT2D eigenvalue weighted by atomic mass is 10.2. The van der Waals surface area contributed by atoms with Crippen LogP contribution >= 0.6 is 0 Å². The van der Waals surface area contributed by atoms with Gasteiger partial charge in [0.05, 0.1) is 6.61 Å². The van der Waals surface area contributed by atoms with Gasteiger partial charge in [0, 0.05) is 26.1 Å². The molecule has 1 amide bonds. The average molecular weight is 202 g/mol. The van der Waals surface area contributed by atoms with Crippen LogP contribution in [0.2, 0.25) is 0 Å². The Hall–Kier alpha value is -0.610. The minimum atomic E-state index is 0.0199. The van der Waals surface area contributed by atoms with Crippen LogP contribution in [-0.4, -0.2) is 32.2 Å². The number of nitrogens with two attached hydrogens (primary N) is 1. The molecule has 4 nitrogen and oxygen atoms in total. The smallest absolute Gasteiger partial charge is 0.219 e. The molecule has 1 atom stereocenters. The van der Waals surface area contributed by atoms with E-state index >= 15 is 0 Å². The highest BCUT2D eigenvalue weighted by atomic mass is 16.5. The lowest BCUT2D eigenvalue weighted by Gasteiger charge is -2.10. The molecule has 0 fully saturated rings. The number of nitrogens with one attached hydrogen (secondary N) is 1. The molecule has 84 valence electrons. The Balaban J connectivity index is 3.30. The van der Waals surface area contributed by atoms with Crippen molar-refractivity contribution in [2.45, 2.75) is 38.6 Å². The molecule has 0 saturated heterocycles. The summed E-state index contributed by atoms with van der Waals surface area (Å²) >= 11 is 0. The van der Waals surface area contributed by atoms with Crippen molar-refractivity contribution in [2.24, 2.45) is 5.73 Å². The van der Waals surface area contributed by atoms with Gasteiger partial charge in [0.2, 0.25) is 5.91 Å². The number of hydrogen-bond acceptors (Lipinski definition) is 3. The maximum absolute atomic E-state index is 11.2. The summed E-state index contributed by atoms with van der Waals surface area (Å²) in [6.07, 6.45) is 3.40. The van der Waals surface area contributed by atoms with Crippen molar-refractivity contribution in [2.75, 3.05) is 20.3 Å². The molecule has 0 saturated carbocycles. The monoisotopic (exact) mass is 202 g/mol. The highest BCUT2D eigenvalue weighted by Crippen LogP contribution is 1.93. The van der Waals surface area contributed by atoms with E-state index in [1.165, 1.54) is 0 Å². The topological polar surface area (TPSA) is 64.4 Å². The fourth-order valence-electron chi connectivity index (χ4n) is 1.12. The molecule has 0 aromatic rings. The lowest BCUT2D eigenvalue weighted by Crippen LogP contribution is -2.32. The largest absolute Gasteiger partial charge is 0.383 e. The Morgan fingerprint density at radius 3 is 2.86 bits per heavy atom. The number of rotatable bonds is 8. The fraction of sp³-hybridized carbons (Fsp3) is 0.900. The first-order chi connectivity index (χ1) is 6.70. The normalized spacial score (nSPS) is 12.5. The predicted molar refractivity (Wildman–Crippen MR) is 57.0 cm³/mol. The second kappa shape index (κ2) is 8.97. The molecule has 0 aromatic carbocycles. The van der Waals surface area contributed by atoms with Gasteiger partial charge in [-0.25, -0.2) is 0 Å². The maximum Gasteiger partial charge on any atom is 0.219 e. The zero-order chi connectivity index (χ0) is 10.8. The Labute approximate surface area is 86.2 Å². The van der Waals surface area contributed by atoms with Gasteiger partial charge < -0.3 is 15.8 Å². The van der Waals surface area contributed by atoms with Gasteiger partial charge in [0.1, 0.15) is 0 Å². The van der Waals surface area contributed by atoms with Crippen molar-refractivity contribution < 1.29 is 9.53 Å². The van der Waals surface area contributed by atoms with Gasteiger partial charge in [-0.1, -0.05) is 13.3 Å². The van der Waals surface area contributed by atoms with Crippen LogP contribution in [0.4, 0.5) is 0 Å². The highest BCUT2D eigenvalue weighted by molar-refractivity contribution is 5.75. The number of carbonyl (C=O) groups excluding carboxylic acids is 1. The molecular weight excluding hydrogens is 180 g/mol. The maximum atomic E-state index is 11.2. The standard InChI is InChI=1S/C10H22N2O2/c1-3-4-5-10(13)12-7-6-9(11)8-14-2/h9H,3-8,11H2,1-2H3,(H,12,13). The van der Waals surface area contributed by atoms with Crippen LogP contribution in [0.15, 0.2) is 0 Å². The first-order valence-electron chi connectivity index (χ1n) is 5.22. The lowest BCUT2D eigenvalue weighted by molar-refractivity contribution is -0.121. The van der Waals surface area contributed by atoms with Gasteiger partial charge in [-0.2, -0.15) is 0 Å². The first kappa shape index (κ1) is 13.4. The van der Waals surface area contributed by atoms with E-state index in [9.17, 15) is 4.79 Å². The minimum Gasteiger partial charge on any atom is -0.383 e. The van der Waals surface area contributed by atoms with Crippen molar-refractivity contribution in [3.05, 3.63) is 0 Å². The minimum absolute atomic E-state index is 0.0199. The molecule has 0 aromatic heterocycles. The molecule has 0 bridgehead atoms. The molecule has 1 unspecified atom stereocenters. The second-order valence-electron chi connectivity index (χ2n) is 3.46. The van der Waals surface area contributed by atoms with E-state index in [1.54, 1.807) is 7.11 Å².